The van der Waals surface area contributed by atoms with E-state index in [9.17, 15) is 58.5 Å². The zero-order chi connectivity index (χ0) is 37.5. The second-order valence-corrected chi connectivity index (χ2v) is 14.8. The highest BCUT2D eigenvalue weighted by atomic mass is 31.3. The number of hydrogen-bond acceptors (Lipinski definition) is 18. The van der Waals surface area contributed by atoms with Crippen LogP contribution in [0.3, 0.4) is 0 Å². The first-order chi connectivity index (χ1) is 23.8. The summed E-state index contributed by atoms with van der Waals surface area (Å²) in [6.45, 7) is -2.18. The third kappa shape index (κ3) is 8.92. The van der Waals surface area contributed by atoms with Gasteiger partial charge >= 0.3 is 29.4 Å². The highest BCUT2D eigenvalue weighted by Crippen LogP contribution is 2.61. The maximum Gasteiger partial charge on any atom is 0.481 e. The molecular formula is C21H27N9O18P3+. The van der Waals surface area contributed by atoms with E-state index >= 15 is 0 Å². The van der Waals surface area contributed by atoms with Crippen LogP contribution in [0.15, 0.2) is 36.2 Å². The van der Waals surface area contributed by atoms with Crippen LogP contribution < -0.4 is 10.3 Å². The molecule has 5 rings (SSSR count). The van der Waals surface area contributed by atoms with Crippen molar-refractivity contribution in [3.05, 3.63) is 47.1 Å². The lowest BCUT2D eigenvalue weighted by Crippen LogP contribution is -2.46. The smallest absolute Gasteiger partial charge is 0.477 e. The molecule has 10 atom stereocenters. The number of nitrogens with two attached hydrogens (primary N) is 1. The number of nitrogen functional groups attached to an aromatic ring is 1. The molecule has 27 nitrogen and oxygen atoms in total. The van der Waals surface area contributed by atoms with Gasteiger partial charge in [0.15, 0.2) is 36.2 Å². The van der Waals surface area contributed by atoms with Gasteiger partial charge in [-0.1, -0.05) is 5.11 Å². The molecule has 0 amide bonds. The Kier molecular flexibility index (Phi) is 11.2. The molecule has 5 heterocycles. The van der Waals surface area contributed by atoms with E-state index in [1.807, 2.05) is 0 Å². The van der Waals surface area contributed by atoms with E-state index in [1.54, 1.807) is 0 Å². The fourth-order valence-electron chi connectivity index (χ4n) is 4.99. The summed E-state index contributed by atoms with van der Waals surface area (Å²) in [5.41, 5.74) is 13.9. The van der Waals surface area contributed by atoms with Crippen LogP contribution in [0.25, 0.3) is 21.6 Å². The zero-order valence-electron chi connectivity index (χ0n) is 25.1. The summed E-state index contributed by atoms with van der Waals surface area (Å²) in [5.74, 6) is -1.52. The molecule has 0 bridgehead atoms. The van der Waals surface area contributed by atoms with Crippen LogP contribution in [0.5, 0.6) is 0 Å². The number of fused-ring (bicyclic) bond motifs is 1. The van der Waals surface area contributed by atoms with Crippen molar-refractivity contribution >= 4 is 52.1 Å². The molecular weight excluding hydrogens is 759 g/mol. The SMILES string of the molecule is [N-]=[N+]=Nc1cc(C(=O)O)c[n+]([C@H]2O[C@@H](COP(=O)(O)OP(=O)(O)OC[C@H]3O[C@@H](n4cnc5c(N)ncnc54)[C@H](OP(=O)(O)O)[C@@H]3O)[C@H](O)[C@@H]2O)c1. The standard InChI is InChI=1S/C21H26N9O18P3/c22-17-12-18(25-6-24-17)30(7-26-12)20-16(47-49(36,37)38)14(32)11(46-20)5-44-51(41,42)48-50(39,40)43-4-10-13(31)15(33)19(45-10)29-2-8(21(34)35)1-9(3-29)27-28-23/h1-3,6-7,10-11,13-16,19-20,31-33H,4-5H2,(H6-,22,24,25,34,35,36,37,38,39,40,41,42)/p+1/t10-,11+,13-,14+,15-,16+,19-,20+/m0/s1. The van der Waals surface area contributed by atoms with E-state index in [0.717, 1.165) is 40.2 Å². The van der Waals surface area contributed by atoms with Crippen LogP contribution in [0, 0.1) is 0 Å². The van der Waals surface area contributed by atoms with E-state index in [-0.39, 0.29) is 22.7 Å². The molecule has 2 aliphatic rings. The Morgan fingerprint density at radius 2 is 1.65 bits per heavy atom. The Labute approximate surface area is 282 Å². The number of rotatable bonds is 14. The van der Waals surface area contributed by atoms with E-state index < -0.39 is 97.3 Å². The number of carbonyl (C=O) groups is 1. The number of carboxylic acids is 1. The number of aliphatic hydroxyl groups is 3. The van der Waals surface area contributed by atoms with Gasteiger partial charge in [-0.2, -0.15) is 8.88 Å². The number of phosphoric acid groups is 3. The molecule has 2 unspecified atom stereocenters. The fourth-order valence-corrected chi connectivity index (χ4v) is 7.63. The van der Waals surface area contributed by atoms with Crippen molar-refractivity contribution < 1.29 is 90.4 Å². The van der Waals surface area contributed by atoms with Crippen LogP contribution in [0.1, 0.15) is 22.8 Å². The van der Waals surface area contributed by atoms with Crippen molar-refractivity contribution in [2.24, 2.45) is 5.11 Å². The lowest BCUT2D eigenvalue weighted by molar-refractivity contribution is -0.765. The monoisotopic (exact) mass is 786 g/mol. The highest BCUT2D eigenvalue weighted by Gasteiger charge is 2.51. The van der Waals surface area contributed by atoms with Crippen molar-refractivity contribution in [2.45, 2.75) is 49.1 Å². The topological polar surface area (TPSA) is 408 Å². The van der Waals surface area contributed by atoms with Gasteiger partial charge in [-0.15, -0.1) is 0 Å². The van der Waals surface area contributed by atoms with Crippen LogP contribution in [-0.2, 0) is 41.1 Å². The summed E-state index contributed by atoms with van der Waals surface area (Å²) >= 11 is 0. The van der Waals surface area contributed by atoms with Gasteiger partial charge in [-0.3, -0.25) is 18.1 Å². The Hall–Kier alpha value is -3.55. The summed E-state index contributed by atoms with van der Waals surface area (Å²) in [4.78, 5) is 64.8. The van der Waals surface area contributed by atoms with Crippen molar-refractivity contribution in [1.82, 2.24) is 19.5 Å². The lowest BCUT2D eigenvalue weighted by Gasteiger charge is -2.22. The number of pyridine rings is 1. The summed E-state index contributed by atoms with van der Waals surface area (Å²) in [7, 11) is -16.4. The molecule has 30 heteroatoms. The van der Waals surface area contributed by atoms with Crippen molar-refractivity contribution in [3.63, 3.8) is 0 Å². The van der Waals surface area contributed by atoms with Gasteiger partial charge in [-0.25, -0.2) is 33.4 Å². The molecule has 10 N–H and O–H groups in total. The Balaban J connectivity index is 1.22. The van der Waals surface area contributed by atoms with Crippen LogP contribution in [0.4, 0.5) is 11.5 Å². The van der Waals surface area contributed by atoms with Crippen LogP contribution in [0.2, 0.25) is 0 Å². The molecule has 3 aromatic heterocycles. The predicted octanol–water partition coefficient (Wildman–Crippen LogP) is -1.36. The minimum atomic E-state index is -5.59. The van der Waals surface area contributed by atoms with E-state index in [1.165, 1.54) is 0 Å². The fraction of sp³-hybridized carbons (Fsp3) is 0.476. The number of azide groups is 1. The average Bonchev–Trinajstić information content (AvgIpc) is 3.68. The molecule has 0 saturated carbocycles. The van der Waals surface area contributed by atoms with E-state index in [4.69, 9.17) is 20.7 Å². The molecule has 2 fully saturated rings. The first-order valence-electron chi connectivity index (χ1n) is 13.8. The van der Waals surface area contributed by atoms with Crippen molar-refractivity contribution in [1.29, 1.82) is 0 Å². The van der Waals surface area contributed by atoms with Crippen LogP contribution in [-0.4, -0.2) is 115 Å². The third-order valence-corrected chi connectivity index (χ3v) is 10.3. The third-order valence-electron chi connectivity index (χ3n) is 7.15. The quantitative estimate of drug-likeness (QED) is 0.0299. The van der Waals surface area contributed by atoms with Crippen molar-refractivity contribution in [3.8, 4) is 0 Å². The number of nitrogens with zero attached hydrogens (tertiary/aromatic N) is 8. The molecule has 0 radical (unpaired) electrons. The Morgan fingerprint density at radius 3 is 2.25 bits per heavy atom. The second kappa shape index (κ2) is 14.8. The average molecular weight is 786 g/mol. The van der Waals surface area contributed by atoms with Gasteiger partial charge in [0.2, 0.25) is 0 Å². The van der Waals surface area contributed by atoms with Crippen LogP contribution >= 0.6 is 23.5 Å². The van der Waals surface area contributed by atoms with Gasteiger partial charge in [0, 0.05) is 4.91 Å². The lowest BCUT2D eigenvalue weighted by atomic mass is 10.1. The zero-order valence-corrected chi connectivity index (χ0v) is 27.8. The maximum absolute atomic E-state index is 12.6. The van der Waals surface area contributed by atoms with Gasteiger partial charge in [-0.05, 0) is 11.6 Å². The molecule has 0 aromatic carbocycles. The summed E-state index contributed by atoms with van der Waals surface area (Å²) in [5, 5.41) is 44.3. The Bertz CT molecular complexity index is 1970. The number of aromatic nitrogens is 5. The minimum absolute atomic E-state index is 0.0180. The summed E-state index contributed by atoms with van der Waals surface area (Å²) in [6.07, 6.45) is -9.81. The molecule has 278 valence electrons. The molecule has 2 saturated heterocycles. The number of hydrogen-bond donors (Lipinski definition) is 9. The first-order valence-corrected chi connectivity index (χ1v) is 18.3. The largest absolute Gasteiger partial charge is 0.481 e. The van der Waals surface area contributed by atoms with E-state index in [0.29, 0.717) is 0 Å². The molecule has 3 aromatic rings. The maximum atomic E-state index is 12.6. The number of imidazole rings is 1. The number of aromatic carboxylic acids is 1. The van der Waals surface area contributed by atoms with E-state index in [2.05, 4.69) is 42.9 Å². The van der Waals surface area contributed by atoms with Gasteiger partial charge in [0.25, 0.3) is 6.23 Å². The molecule has 0 aliphatic carbocycles. The summed E-state index contributed by atoms with van der Waals surface area (Å²) in [6, 6.07) is 1.01. The number of aliphatic hydroxyl groups excluding tert-OH is 3. The highest BCUT2D eigenvalue weighted by molar-refractivity contribution is 7.61. The molecule has 0 spiro atoms. The first kappa shape index (κ1) is 38.7. The van der Waals surface area contributed by atoms with Gasteiger partial charge in [0.05, 0.1) is 19.5 Å². The van der Waals surface area contributed by atoms with Gasteiger partial charge < -0.3 is 55.2 Å². The number of anilines is 1. The minimum Gasteiger partial charge on any atom is -0.477 e. The molecule has 2 aliphatic heterocycles. The number of phosphoric ester groups is 3. The second-order valence-electron chi connectivity index (χ2n) is 10.6. The number of ether oxygens (including phenoxy) is 2. The molecule has 51 heavy (non-hydrogen) atoms. The Morgan fingerprint density at radius 1 is 1.00 bits per heavy atom. The normalized spacial score (nSPS) is 29.0. The predicted molar refractivity (Wildman–Crippen MR) is 158 cm³/mol. The number of carboxylic acid groups (broad SMARTS) is 1. The van der Waals surface area contributed by atoms with Crippen molar-refractivity contribution in [2.75, 3.05) is 18.9 Å². The van der Waals surface area contributed by atoms with Gasteiger partial charge in [0.1, 0.15) is 53.6 Å². The summed E-state index contributed by atoms with van der Waals surface area (Å²) < 4.78 is 68.1.